The second-order valence-electron chi connectivity index (χ2n) is 5.09. The van der Waals surface area contributed by atoms with Gasteiger partial charge in [-0.15, -0.1) is 0 Å². The lowest BCUT2D eigenvalue weighted by atomic mass is 10.1. The monoisotopic (exact) mass is 281 g/mol. The first-order valence-electron chi connectivity index (χ1n) is 6.86. The Kier molecular flexibility index (Phi) is 5.28. The van der Waals surface area contributed by atoms with Crippen molar-refractivity contribution in [2.45, 2.75) is 51.2 Å². The zero-order chi connectivity index (χ0) is 13.7. The minimum Gasteiger partial charge on any atom is -0.389 e. The molecular formula is C15H20FNOS. The Hall–Kier alpha value is -1.00. The van der Waals surface area contributed by atoms with E-state index in [1.165, 1.54) is 37.8 Å². The van der Waals surface area contributed by atoms with Gasteiger partial charge in [0.05, 0.1) is 12.7 Å². The molecule has 104 valence electrons. The molecule has 0 heterocycles. The van der Waals surface area contributed by atoms with Gasteiger partial charge in [-0.1, -0.05) is 37.9 Å². The maximum absolute atomic E-state index is 13.3. The summed E-state index contributed by atoms with van der Waals surface area (Å²) in [5.41, 5.74) is 7.11. The summed E-state index contributed by atoms with van der Waals surface area (Å²) in [5.74, 6) is -0.278. The predicted molar refractivity (Wildman–Crippen MR) is 78.6 cm³/mol. The van der Waals surface area contributed by atoms with Crippen LogP contribution in [0.1, 0.15) is 49.7 Å². The summed E-state index contributed by atoms with van der Waals surface area (Å²) >= 11 is 4.98. The molecule has 1 aliphatic carbocycles. The van der Waals surface area contributed by atoms with Crippen molar-refractivity contribution < 1.29 is 9.13 Å². The van der Waals surface area contributed by atoms with E-state index in [-0.39, 0.29) is 11.9 Å². The van der Waals surface area contributed by atoms with Crippen LogP contribution in [0.5, 0.6) is 0 Å². The molecule has 1 aromatic rings. The molecule has 0 saturated heterocycles. The van der Waals surface area contributed by atoms with E-state index < -0.39 is 0 Å². The number of halogens is 1. The summed E-state index contributed by atoms with van der Waals surface area (Å²) in [6, 6.07) is 4.47. The second kappa shape index (κ2) is 6.96. The Morgan fingerprint density at radius 2 is 1.95 bits per heavy atom. The smallest absolute Gasteiger partial charge is 0.123 e. The van der Waals surface area contributed by atoms with Gasteiger partial charge >= 0.3 is 0 Å². The van der Waals surface area contributed by atoms with Crippen LogP contribution in [0.25, 0.3) is 0 Å². The molecule has 19 heavy (non-hydrogen) atoms. The highest BCUT2D eigenvalue weighted by atomic mass is 32.1. The lowest BCUT2D eigenvalue weighted by molar-refractivity contribution is 0.0308. The van der Waals surface area contributed by atoms with Gasteiger partial charge in [-0.3, -0.25) is 0 Å². The van der Waals surface area contributed by atoms with Crippen LogP contribution in [0.2, 0.25) is 0 Å². The van der Waals surface area contributed by atoms with Crippen molar-refractivity contribution in [3.8, 4) is 0 Å². The Balaban J connectivity index is 2.01. The summed E-state index contributed by atoms with van der Waals surface area (Å²) in [6.45, 7) is 0.384. The average Bonchev–Trinajstić information content (AvgIpc) is 2.64. The summed E-state index contributed by atoms with van der Waals surface area (Å²) in [7, 11) is 0. The van der Waals surface area contributed by atoms with Crippen molar-refractivity contribution in [2.24, 2.45) is 5.73 Å². The molecule has 0 spiro atoms. The molecule has 2 rings (SSSR count). The van der Waals surface area contributed by atoms with Gasteiger partial charge in [-0.2, -0.15) is 0 Å². The standard InChI is InChI=1S/C15H20FNOS/c16-12-7-8-14(15(17)19)11(9-12)10-18-13-5-3-1-2-4-6-13/h7-9,13H,1-6,10H2,(H2,17,19). The minimum atomic E-state index is -0.278. The van der Waals surface area contributed by atoms with E-state index in [0.717, 1.165) is 18.4 Å². The molecule has 0 bridgehead atoms. The highest BCUT2D eigenvalue weighted by Crippen LogP contribution is 2.22. The maximum Gasteiger partial charge on any atom is 0.123 e. The van der Waals surface area contributed by atoms with Crippen molar-refractivity contribution in [2.75, 3.05) is 0 Å². The van der Waals surface area contributed by atoms with E-state index in [9.17, 15) is 4.39 Å². The Morgan fingerprint density at radius 3 is 2.58 bits per heavy atom. The molecule has 0 atom stereocenters. The van der Waals surface area contributed by atoms with Gasteiger partial charge < -0.3 is 10.5 Å². The van der Waals surface area contributed by atoms with E-state index in [4.69, 9.17) is 22.7 Å². The van der Waals surface area contributed by atoms with Crippen LogP contribution in [0.3, 0.4) is 0 Å². The zero-order valence-corrected chi connectivity index (χ0v) is 11.8. The van der Waals surface area contributed by atoms with Crippen molar-refractivity contribution in [1.29, 1.82) is 0 Å². The number of benzene rings is 1. The van der Waals surface area contributed by atoms with Crippen molar-refractivity contribution >= 4 is 17.2 Å². The third-order valence-corrected chi connectivity index (χ3v) is 3.83. The van der Waals surface area contributed by atoms with Crippen LogP contribution < -0.4 is 5.73 Å². The molecule has 0 amide bonds. The lowest BCUT2D eigenvalue weighted by Gasteiger charge is -2.17. The van der Waals surface area contributed by atoms with Gasteiger partial charge in [0, 0.05) is 5.56 Å². The summed E-state index contributed by atoms with van der Waals surface area (Å²) in [4.78, 5) is 0.291. The predicted octanol–water partition coefficient (Wildman–Crippen LogP) is 3.70. The average molecular weight is 281 g/mol. The van der Waals surface area contributed by atoms with Gasteiger partial charge in [0.15, 0.2) is 0 Å². The fraction of sp³-hybridized carbons (Fsp3) is 0.533. The van der Waals surface area contributed by atoms with Crippen LogP contribution >= 0.6 is 12.2 Å². The third kappa shape index (κ3) is 4.25. The highest BCUT2D eigenvalue weighted by Gasteiger charge is 2.14. The molecule has 1 aliphatic rings. The number of hydrogen-bond donors (Lipinski definition) is 1. The Labute approximate surface area is 119 Å². The van der Waals surface area contributed by atoms with E-state index in [1.54, 1.807) is 6.07 Å². The number of thiocarbonyl (C=S) groups is 1. The van der Waals surface area contributed by atoms with Crippen molar-refractivity contribution in [3.05, 3.63) is 35.1 Å². The first-order chi connectivity index (χ1) is 9.16. The number of nitrogens with two attached hydrogens (primary N) is 1. The third-order valence-electron chi connectivity index (χ3n) is 3.61. The van der Waals surface area contributed by atoms with Crippen LogP contribution in [-0.2, 0) is 11.3 Å². The van der Waals surface area contributed by atoms with Crippen LogP contribution in [-0.4, -0.2) is 11.1 Å². The maximum atomic E-state index is 13.3. The van der Waals surface area contributed by atoms with E-state index in [0.29, 0.717) is 17.2 Å². The molecule has 0 aromatic heterocycles. The zero-order valence-electron chi connectivity index (χ0n) is 11.0. The molecule has 1 aromatic carbocycles. The summed E-state index contributed by atoms with van der Waals surface area (Å²) in [6.07, 6.45) is 7.49. The van der Waals surface area contributed by atoms with E-state index >= 15 is 0 Å². The number of rotatable bonds is 4. The minimum absolute atomic E-state index is 0.278. The molecule has 0 radical (unpaired) electrons. The molecule has 2 nitrogen and oxygen atoms in total. The fourth-order valence-corrected chi connectivity index (χ4v) is 2.74. The Morgan fingerprint density at radius 1 is 1.26 bits per heavy atom. The molecule has 4 heteroatoms. The second-order valence-corrected chi connectivity index (χ2v) is 5.53. The van der Waals surface area contributed by atoms with Gasteiger partial charge in [-0.25, -0.2) is 4.39 Å². The van der Waals surface area contributed by atoms with Crippen LogP contribution in [0, 0.1) is 5.82 Å². The highest BCUT2D eigenvalue weighted by molar-refractivity contribution is 7.80. The molecule has 0 aliphatic heterocycles. The lowest BCUT2D eigenvalue weighted by Crippen LogP contribution is -2.16. The number of ether oxygens (including phenoxy) is 1. The van der Waals surface area contributed by atoms with Gasteiger partial charge in [-0.05, 0) is 36.6 Å². The topological polar surface area (TPSA) is 35.2 Å². The molecule has 2 N–H and O–H groups in total. The van der Waals surface area contributed by atoms with Gasteiger partial charge in [0.2, 0.25) is 0 Å². The Bertz CT molecular complexity index is 442. The molecule has 0 unspecified atom stereocenters. The van der Waals surface area contributed by atoms with Crippen molar-refractivity contribution in [3.63, 3.8) is 0 Å². The van der Waals surface area contributed by atoms with E-state index in [2.05, 4.69) is 0 Å². The fourth-order valence-electron chi connectivity index (χ4n) is 2.54. The van der Waals surface area contributed by atoms with Crippen molar-refractivity contribution in [1.82, 2.24) is 0 Å². The van der Waals surface area contributed by atoms with Crippen LogP contribution in [0.15, 0.2) is 18.2 Å². The molecule has 1 fully saturated rings. The molecule has 1 saturated carbocycles. The normalized spacial score (nSPS) is 17.1. The van der Waals surface area contributed by atoms with Crippen LogP contribution in [0.4, 0.5) is 4.39 Å². The first kappa shape index (κ1) is 14.4. The quantitative estimate of drug-likeness (QED) is 0.675. The summed E-state index contributed by atoms with van der Waals surface area (Å²) < 4.78 is 19.2. The largest absolute Gasteiger partial charge is 0.389 e. The molecular weight excluding hydrogens is 261 g/mol. The van der Waals surface area contributed by atoms with Gasteiger partial charge in [0.1, 0.15) is 10.8 Å². The summed E-state index contributed by atoms with van der Waals surface area (Å²) in [5, 5.41) is 0. The van der Waals surface area contributed by atoms with Gasteiger partial charge in [0.25, 0.3) is 0 Å². The first-order valence-corrected chi connectivity index (χ1v) is 7.27. The SMILES string of the molecule is NC(=S)c1ccc(F)cc1COC1CCCCCC1. The number of hydrogen-bond acceptors (Lipinski definition) is 2. The van der Waals surface area contributed by atoms with E-state index in [1.807, 2.05) is 0 Å².